The Morgan fingerprint density at radius 1 is 1.00 bits per heavy atom. The van der Waals surface area contributed by atoms with Crippen LogP contribution in [0.3, 0.4) is 0 Å². The maximum absolute atomic E-state index is 12.5. The molecule has 0 fully saturated rings. The number of pyridine rings is 1. The molecule has 2 aromatic rings. The highest BCUT2D eigenvalue weighted by molar-refractivity contribution is 5.25. The van der Waals surface area contributed by atoms with E-state index < -0.39 is 29.5 Å². The van der Waals surface area contributed by atoms with Gasteiger partial charge in [0.25, 0.3) is 0 Å². The number of halogens is 6. The molecule has 2 rings (SSSR count). The predicted octanol–water partition coefficient (Wildman–Crippen LogP) is 3.65. The van der Waals surface area contributed by atoms with E-state index in [-0.39, 0.29) is 5.88 Å². The van der Waals surface area contributed by atoms with Crippen LogP contribution >= 0.6 is 0 Å². The molecule has 0 saturated carbocycles. The van der Waals surface area contributed by atoms with Crippen LogP contribution in [0.15, 0.2) is 24.4 Å². The van der Waals surface area contributed by atoms with Crippen LogP contribution in [-0.4, -0.2) is 14.8 Å². The molecule has 0 aliphatic carbocycles. The first-order chi connectivity index (χ1) is 9.57. The zero-order valence-corrected chi connectivity index (χ0v) is 10.3. The zero-order chi connectivity index (χ0) is 15.8. The fraction of sp³-hybridized carbons (Fsp3) is 0.273. The number of aromatic nitrogens is 3. The maximum atomic E-state index is 12.5. The molecule has 0 N–H and O–H groups in total. The predicted molar refractivity (Wildman–Crippen MR) is 57.5 cm³/mol. The summed E-state index contributed by atoms with van der Waals surface area (Å²) in [5, 5.41) is 3.46. The molecule has 21 heavy (non-hydrogen) atoms. The van der Waals surface area contributed by atoms with Crippen LogP contribution < -0.4 is 4.74 Å². The van der Waals surface area contributed by atoms with Crippen molar-refractivity contribution < 1.29 is 31.1 Å². The van der Waals surface area contributed by atoms with Crippen LogP contribution in [0, 0.1) is 0 Å². The monoisotopic (exact) mass is 311 g/mol. The van der Waals surface area contributed by atoms with Gasteiger partial charge in [-0.15, -0.1) is 5.10 Å². The van der Waals surface area contributed by atoms with Crippen LogP contribution in [-0.2, 0) is 19.4 Å². The number of ether oxygens (including phenoxy) is 1. The summed E-state index contributed by atoms with van der Waals surface area (Å²) in [5.41, 5.74) is -2.05. The lowest BCUT2D eigenvalue weighted by Crippen LogP contribution is -2.11. The number of alkyl halides is 6. The molecule has 0 atom stereocenters. The van der Waals surface area contributed by atoms with Gasteiger partial charge in [0, 0.05) is 25.4 Å². The molecule has 0 spiro atoms. The van der Waals surface area contributed by atoms with E-state index >= 15 is 0 Å². The van der Waals surface area contributed by atoms with Gasteiger partial charge in [-0.1, -0.05) is 0 Å². The van der Waals surface area contributed by atoms with E-state index in [0.717, 1.165) is 13.1 Å². The molecule has 2 heterocycles. The average molecular weight is 311 g/mol. The van der Waals surface area contributed by atoms with Crippen molar-refractivity contribution in [2.45, 2.75) is 12.4 Å². The Bertz CT molecular complexity index is 629. The molecule has 4 nitrogen and oxygen atoms in total. The Kier molecular flexibility index (Phi) is 3.56. The van der Waals surface area contributed by atoms with Crippen LogP contribution in [0.25, 0.3) is 0 Å². The molecule has 0 radical (unpaired) electrons. The standard InChI is InChI=1S/C11H7F6N3O/c1-20-7(11(15,16)17)4-9(19-20)21-8-3-2-6(5-18-8)10(12,13)14/h2-5H,1H3. The molecule has 0 aliphatic heterocycles. The van der Waals surface area contributed by atoms with E-state index in [1.54, 1.807) is 0 Å². The minimum atomic E-state index is -4.61. The largest absolute Gasteiger partial charge is 0.433 e. The fourth-order valence-corrected chi connectivity index (χ4v) is 1.47. The van der Waals surface area contributed by atoms with Crippen molar-refractivity contribution >= 4 is 0 Å². The van der Waals surface area contributed by atoms with Gasteiger partial charge in [0.05, 0.1) is 5.56 Å². The highest BCUT2D eigenvalue weighted by atomic mass is 19.4. The lowest BCUT2D eigenvalue weighted by atomic mass is 10.3. The van der Waals surface area contributed by atoms with Gasteiger partial charge in [0.2, 0.25) is 11.8 Å². The van der Waals surface area contributed by atoms with Gasteiger partial charge in [0.1, 0.15) is 5.69 Å². The number of rotatable bonds is 2. The van der Waals surface area contributed by atoms with Crippen LogP contribution in [0.2, 0.25) is 0 Å². The molecule has 2 aromatic heterocycles. The molecular formula is C11H7F6N3O. The van der Waals surface area contributed by atoms with Crippen molar-refractivity contribution in [1.82, 2.24) is 14.8 Å². The molecule has 0 amide bonds. The molecule has 0 saturated heterocycles. The topological polar surface area (TPSA) is 39.9 Å². The Hall–Kier alpha value is -2.26. The third-order valence-electron chi connectivity index (χ3n) is 2.42. The van der Waals surface area contributed by atoms with Crippen molar-refractivity contribution in [2.75, 3.05) is 0 Å². The molecule has 0 unspecified atom stereocenters. The molecule has 10 heteroatoms. The normalized spacial score (nSPS) is 12.5. The summed E-state index contributed by atoms with van der Waals surface area (Å²) in [6.45, 7) is 0. The fourth-order valence-electron chi connectivity index (χ4n) is 1.47. The second-order valence-electron chi connectivity index (χ2n) is 3.97. The Morgan fingerprint density at radius 3 is 2.10 bits per heavy atom. The minimum absolute atomic E-state index is 0.296. The van der Waals surface area contributed by atoms with Gasteiger partial charge in [-0.3, -0.25) is 4.68 Å². The van der Waals surface area contributed by atoms with Gasteiger partial charge in [-0.05, 0) is 6.07 Å². The highest BCUT2D eigenvalue weighted by Gasteiger charge is 2.35. The molecule has 114 valence electrons. The Balaban J connectivity index is 2.19. The van der Waals surface area contributed by atoms with E-state index in [4.69, 9.17) is 4.74 Å². The van der Waals surface area contributed by atoms with Crippen molar-refractivity contribution in [3.8, 4) is 11.8 Å². The molecule has 0 aromatic carbocycles. The lowest BCUT2D eigenvalue weighted by molar-refractivity contribution is -0.143. The van der Waals surface area contributed by atoms with Gasteiger partial charge in [-0.2, -0.15) is 26.3 Å². The number of hydrogen-bond acceptors (Lipinski definition) is 3. The summed E-state index contributed by atoms with van der Waals surface area (Å²) in [6.07, 6.45) is -8.65. The van der Waals surface area contributed by atoms with Gasteiger partial charge < -0.3 is 4.74 Å². The van der Waals surface area contributed by atoms with E-state index in [0.29, 0.717) is 23.0 Å². The molecule has 0 bridgehead atoms. The van der Waals surface area contributed by atoms with Crippen LogP contribution in [0.4, 0.5) is 26.3 Å². The number of aryl methyl sites for hydroxylation is 1. The third kappa shape index (κ3) is 3.44. The Labute approximate surface area is 114 Å². The SMILES string of the molecule is Cn1nc(Oc2ccc(C(F)(F)F)cn2)cc1C(F)(F)F. The van der Waals surface area contributed by atoms with Gasteiger partial charge >= 0.3 is 12.4 Å². The average Bonchev–Trinajstić information content (AvgIpc) is 2.69. The van der Waals surface area contributed by atoms with Gasteiger partial charge in [-0.25, -0.2) is 4.98 Å². The number of nitrogens with zero attached hydrogens (tertiary/aromatic N) is 3. The summed E-state index contributed by atoms with van der Waals surface area (Å²) in [7, 11) is 1.07. The van der Waals surface area contributed by atoms with Crippen LogP contribution in [0.5, 0.6) is 11.8 Å². The minimum Gasteiger partial charge on any atom is -0.419 e. The second kappa shape index (κ2) is 4.93. The van der Waals surface area contributed by atoms with E-state index in [1.807, 2.05) is 0 Å². The first-order valence-corrected chi connectivity index (χ1v) is 5.40. The summed E-state index contributed by atoms with van der Waals surface area (Å²) in [4.78, 5) is 3.37. The summed E-state index contributed by atoms with van der Waals surface area (Å²) >= 11 is 0. The summed E-state index contributed by atoms with van der Waals surface area (Å²) in [5.74, 6) is -0.716. The first-order valence-electron chi connectivity index (χ1n) is 5.40. The van der Waals surface area contributed by atoms with Crippen molar-refractivity contribution in [3.05, 3.63) is 35.7 Å². The van der Waals surface area contributed by atoms with E-state index in [2.05, 4.69) is 10.1 Å². The maximum Gasteiger partial charge on any atom is 0.433 e. The lowest BCUT2D eigenvalue weighted by Gasteiger charge is -2.06. The quantitative estimate of drug-likeness (QED) is 0.795. The van der Waals surface area contributed by atoms with E-state index in [1.165, 1.54) is 0 Å². The third-order valence-corrected chi connectivity index (χ3v) is 2.42. The smallest absolute Gasteiger partial charge is 0.419 e. The van der Waals surface area contributed by atoms with Crippen molar-refractivity contribution in [3.63, 3.8) is 0 Å². The summed E-state index contributed by atoms with van der Waals surface area (Å²) in [6, 6.07) is 2.22. The first kappa shape index (κ1) is 15.1. The van der Waals surface area contributed by atoms with Crippen LogP contribution in [0.1, 0.15) is 11.3 Å². The van der Waals surface area contributed by atoms with Crippen molar-refractivity contribution in [1.29, 1.82) is 0 Å². The second-order valence-corrected chi connectivity index (χ2v) is 3.97. The Morgan fingerprint density at radius 2 is 1.67 bits per heavy atom. The molecule has 0 aliphatic rings. The van der Waals surface area contributed by atoms with Gasteiger partial charge in [0.15, 0.2) is 0 Å². The molecular weight excluding hydrogens is 304 g/mol. The van der Waals surface area contributed by atoms with E-state index in [9.17, 15) is 26.3 Å². The number of hydrogen-bond donors (Lipinski definition) is 0. The zero-order valence-electron chi connectivity index (χ0n) is 10.3. The summed E-state index contributed by atoms with van der Waals surface area (Å²) < 4.78 is 80.0. The van der Waals surface area contributed by atoms with Crippen molar-refractivity contribution in [2.24, 2.45) is 7.05 Å². The highest BCUT2D eigenvalue weighted by Crippen LogP contribution is 2.33.